The van der Waals surface area contributed by atoms with Crippen LogP contribution >= 0.6 is 11.8 Å². The van der Waals surface area contributed by atoms with Gasteiger partial charge >= 0.3 is 0 Å². The van der Waals surface area contributed by atoms with Crippen LogP contribution in [0.3, 0.4) is 0 Å². The molecule has 0 nitrogen and oxygen atoms in total. The van der Waals surface area contributed by atoms with E-state index in [1.54, 1.807) is 0 Å². The molecule has 0 atom stereocenters. The molecule has 0 saturated heterocycles. The maximum atomic E-state index is 2.27. The van der Waals surface area contributed by atoms with Gasteiger partial charge < -0.3 is 0 Å². The van der Waals surface area contributed by atoms with Crippen LogP contribution in [-0.2, 0) is 0 Å². The minimum Gasteiger partial charge on any atom is -0.162 e. The highest BCUT2D eigenvalue weighted by atomic mass is 32.2. The quantitative estimate of drug-likeness (QED) is 0.364. The third-order valence-electron chi connectivity index (χ3n) is 2.29. The van der Waals surface area contributed by atoms with Gasteiger partial charge in [-0.15, -0.1) is 0 Å². The summed E-state index contributed by atoms with van der Waals surface area (Å²) in [6, 6.07) is 0. The molecule has 0 aromatic rings. The van der Waals surface area contributed by atoms with Gasteiger partial charge in [-0.25, -0.2) is 0 Å². The average molecular weight is 226 g/mol. The van der Waals surface area contributed by atoms with Crippen LogP contribution in [0.1, 0.15) is 52.4 Å². The van der Waals surface area contributed by atoms with Crippen molar-refractivity contribution >= 4 is 11.8 Å². The average Bonchev–Trinajstić information content (AvgIpc) is 2.26. The zero-order chi connectivity index (χ0) is 11.2. The highest BCUT2D eigenvalue weighted by Gasteiger charge is 1.90. The smallest absolute Gasteiger partial charge is 0.00674 e. The molecule has 0 aromatic carbocycles. The summed E-state index contributed by atoms with van der Waals surface area (Å²) in [6.45, 7) is 4.19. The van der Waals surface area contributed by atoms with Crippen molar-refractivity contribution in [1.82, 2.24) is 0 Å². The Morgan fingerprint density at radius 3 is 1.60 bits per heavy atom. The predicted molar refractivity (Wildman–Crippen MR) is 74.7 cm³/mol. The second-order valence-electron chi connectivity index (χ2n) is 3.74. The number of hydrogen-bond donors (Lipinski definition) is 0. The topological polar surface area (TPSA) is 0 Å². The minimum atomic E-state index is 1.26. The molecule has 0 aromatic heterocycles. The standard InChI is InChI=1S/C14H26S/c1-3-5-7-9-11-13-15-14-12-10-8-6-4-2/h3-6H,7-14H2,1-2H3/b5-3+,6-4+. The fourth-order valence-corrected chi connectivity index (χ4v) is 2.39. The highest BCUT2D eigenvalue weighted by molar-refractivity contribution is 7.99. The molecule has 0 amide bonds. The molecule has 0 bridgehead atoms. The maximum absolute atomic E-state index is 2.27. The molecule has 0 saturated carbocycles. The molecular formula is C14H26S. The number of thioether (sulfide) groups is 1. The summed E-state index contributed by atoms with van der Waals surface area (Å²) in [5.41, 5.74) is 0. The van der Waals surface area contributed by atoms with Crippen molar-refractivity contribution in [3.63, 3.8) is 0 Å². The van der Waals surface area contributed by atoms with E-state index in [2.05, 4.69) is 49.9 Å². The molecule has 0 spiro atoms. The van der Waals surface area contributed by atoms with E-state index in [-0.39, 0.29) is 0 Å². The first-order chi connectivity index (χ1) is 7.41. The van der Waals surface area contributed by atoms with E-state index in [9.17, 15) is 0 Å². The molecule has 1 heteroatoms. The van der Waals surface area contributed by atoms with E-state index < -0.39 is 0 Å². The van der Waals surface area contributed by atoms with Gasteiger partial charge in [0.1, 0.15) is 0 Å². The predicted octanol–water partition coefficient (Wildman–Crippen LogP) is 5.21. The van der Waals surface area contributed by atoms with Crippen LogP contribution in [0.25, 0.3) is 0 Å². The fraction of sp³-hybridized carbons (Fsp3) is 0.714. The summed E-state index contributed by atoms with van der Waals surface area (Å²) in [4.78, 5) is 0. The Balaban J connectivity index is 2.92. The van der Waals surface area contributed by atoms with Crippen LogP contribution in [0.15, 0.2) is 24.3 Å². The molecular weight excluding hydrogens is 200 g/mol. The van der Waals surface area contributed by atoms with Gasteiger partial charge in [0.15, 0.2) is 0 Å². The van der Waals surface area contributed by atoms with E-state index in [4.69, 9.17) is 0 Å². The largest absolute Gasteiger partial charge is 0.162 e. The van der Waals surface area contributed by atoms with Crippen molar-refractivity contribution in [3.05, 3.63) is 24.3 Å². The summed E-state index contributed by atoms with van der Waals surface area (Å²) in [6.07, 6.45) is 16.8. The summed E-state index contributed by atoms with van der Waals surface area (Å²) in [7, 11) is 0. The lowest BCUT2D eigenvalue weighted by Crippen LogP contribution is -1.84. The normalized spacial score (nSPS) is 11.9. The second kappa shape index (κ2) is 13.8. The van der Waals surface area contributed by atoms with E-state index in [0.29, 0.717) is 0 Å². The van der Waals surface area contributed by atoms with Crippen molar-refractivity contribution < 1.29 is 0 Å². The Morgan fingerprint density at radius 2 is 1.20 bits per heavy atom. The van der Waals surface area contributed by atoms with Gasteiger partial charge in [-0.3, -0.25) is 0 Å². The fourth-order valence-electron chi connectivity index (χ4n) is 1.37. The summed E-state index contributed by atoms with van der Waals surface area (Å²) < 4.78 is 0. The Kier molecular flexibility index (Phi) is 13.7. The van der Waals surface area contributed by atoms with Crippen LogP contribution < -0.4 is 0 Å². The van der Waals surface area contributed by atoms with E-state index in [1.807, 2.05) is 0 Å². The lowest BCUT2D eigenvalue weighted by Gasteiger charge is -2.00. The Labute approximate surface area is 100 Å². The SMILES string of the molecule is C/C=C/CCCCSCCCC/C=C/C. The van der Waals surface area contributed by atoms with Gasteiger partial charge in [-0.2, -0.15) is 11.8 Å². The van der Waals surface area contributed by atoms with Crippen LogP contribution in [-0.4, -0.2) is 11.5 Å². The Hall–Kier alpha value is -0.170. The zero-order valence-corrected chi connectivity index (χ0v) is 11.2. The van der Waals surface area contributed by atoms with Gasteiger partial charge in [0.05, 0.1) is 0 Å². The van der Waals surface area contributed by atoms with E-state index >= 15 is 0 Å². The zero-order valence-electron chi connectivity index (χ0n) is 10.4. The van der Waals surface area contributed by atoms with E-state index in [0.717, 1.165) is 0 Å². The number of rotatable bonds is 10. The molecule has 15 heavy (non-hydrogen) atoms. The van der Waals surface area contributed by atoms with Crippen molar-refractivity contribution in [2.45, 2.75) is 52.4 Å². The third-order valence-corrected chi connectivity index (χ3v) is 3.45. The number of unbranched alkanes of at least 4 members (excludes halogenated alkanes) is 4. The van der Waals surface area contributed by atoms with Gasteiger partial charge in [-0.1, -0.05) is 24.3 Å². The Bertz CT molecular complexity index is 141. The van der Waals surface area contributed by atoms with Crippen molar-refractivity contribution in [2.75, 3.05) is 11.5 Å². The lowest BCUT2D eigenvalue weighted by molar-refractivity contribution is 0.809. The van der Waals surface area contributed by atoms with Gasteiger partial charge in [0.2, 0.25) is 0 Å². The van der Waals surface area contributed by atoms with Crippen LogP contribution in [0.5, 0.6) is 0 Å². The van der Waals surface area contributed by atoms with Crippen LogP contribution in [0, 0.1) is 0 Å². The molecule has 0 heterocycles. The Morgan fingerprint density at radius 1 is 0.733 bits per heavy atom. The van der Waals surface area contributed by atoms with Crippen LogP contribution in [0.2, 0.25) is 0 Å². The van der Waals surface area contributed by atoms with Crippen molar-refractivity contribution in [2.24, 2.45) is 0 Å². The molecule has 0 N–H and O–H groups in total. The number of hydrogen-bond acceptors (Lipinski definition) is 1. The van der Waals surface area contributed by atoms with Crippen molar-refractivity contribution in [3.8, 4) is 0 Å². The third kappa shape index (κ3) is 13.8. The van der Waals surface area contributed by atoms with Gasteiger partial charge in [0, 0.05) is 0 Å². The maximum Gasteiger partial charge on any atom is -0.00674 e. The van der Waals surface area contributed by atoms with Crippen LogP contribution in [0.4, 0.5) is 0 Å². The molecule has 0 aliphatic rings. The first kappa shape index (κ1) is 14.8. The van der Waals surface area contributed by atoms with Gasteiger partial charge in [0.25, 0.3) is 0 Å². The molecule has 88 valence electrons. The highest BCUT2D eigenvalue weighted by Crippen LogP contribution is 2.10. The molecule has 0 rings (SSSR count). The molecule has 0 fully saturated rings. The second-order valence-corrected chi connectivity index (χ2v) is 4.97. The summed E-state index contributed by atoms with van der Waals surface area (Å²) >= 11 is 2.12. The minimum absolute atomic E-state index is 1.26. The first-order valence-corrected chi connectivity index (χ1v) is 7.37. The van der Waals surface area contributed by atoms with Crippen molar-refractivity contribution in [1.29, 1.82) is 0 Å². The first-order valence-electron chi connectivity index (χ1n) is 6.22. The molecule has 0 aliphatic carbocycles. The number of allylic oxidation sites excluding steroid dienone is 4. The molecule has 0 radical (unpaired) electrons. The van der Waals surface area contributed by atoms with E-state index in [1.165, 1.54) is 50.0 Å². The summed E-state index contributed by atoms with van der Waals surface area (Å²) in [5, 5.41) is 0. The monoisotopic (exact) mass is 226 g/mol. The molecule has 0 unspecified atom stereocenters. The lowest BCUT2D eigenvalue weighted by atomic mass is 10.2. The van der Waals surface area contributed by atoms with Gasteiger partial charge in [-0.05, 0) is 63.9 Å². The summed E-state index contributed by atoms with van der Waals surface area (Å²) in [5.74, 6) is 2.70. The molecule has 0 aliphatic heterocycles.